The third kappa shape index (κ3) is 7.78. The highest BCUT2D eigenvalue weighted by Crippen LogP contribution is 2.27. The highest BCUT2D eigenvalue weighted by Gasteiger charge is 2.40. The summed E-state index contributed by atoms with van der Waals surface area (Å²) in [5.41, 5.74) is 1.61. The summed E-state index contributed by atoms with van der Waals surface area (Å²) in [6, 6.07) is 5.16. The normalized spacial score (nSPS) is 24.1. The second-order valence-electron chi connectivity index (χ2n) is 12.2. The van der Waals surface area contributed by atoms with E-state index < -0.39 is 35.9 Å². The monoisotopic (exact) mass is 610 g/mol. The first-order chi connectivity index (χ1) is 21.1. The van der Waals surface area contributed by atoms with Gasteiger partial charge in [-0.3, -0.25) is 24.0 Å². The predicted molar refractivity (Wildman–Crippen MR) is 165 cm³/mol. The zero-order chi connectivity index (χ0) is 31.8. The summed E-state index contributed by atoms with van der Waals surface area (Å²) in [4.78, 5) is 73.7. The van der Waals surface area contributed by atoms with Crippen LogP contribution in [0.3, 0.4) is 0 Å². The number of hydrogen-bond acceptors (Lipinski definition) is 6. The van der Waals surface area contributed by atoms with E-state index in [0.29, 0.717) is 45.1 Å². The number of benzene rings is 1. The molecule has 0 saturated carbocycles. The fourth-order valence-electron chi connectivity index (χ4n) is 6.44. The van der Waals surface area contributed by atoms with Crippen molar-refractivity contribution in [3.63, 3.8) is 0 Å². The number of aliphatic carboxylic acids is 1. The van der Waals surface area contributed by atoms with Crippen molar-refractivity contribution in [2.24, 2.45) is 11.8 Å². The molecule has 1 aromatic heterocycles. The number of unbranched alkanes of at least 4 members (excludes halogenated alkanes) is 2. The first-order valence-corrected chi connectivity index (χ1v) is 15.9. The van der Waals surface area contributed by atoms with Crippen molar-refractivity contribution in [1.82, 2.24) is 20.3 Å². The molecule has 240 valence electrons. The summed E-state index contributed by atoms with van der Waals surface area (Å²) in [6.45, 7) is 4.30. The molecule has 3 N–H and O–H groups in total. The van der Waals surface area contributed by atoms with Gasteiger partial charge in [0.25, 0.3) is 0 Å². The van der Waals surface area contributed by atoms with Gasteiger partial charge in [-0.2, -0.15) is 4.73 Å². The Balaban J connectivity index is 1.68. The minimum Gasteiger partial charge on any atom is -0.481 e. The van der Waals surface area contributed by atoms with E-state index in [4.69, 9.17) is 9.94 Å². The number of carbonyl (C=O) groups excluding carboxylic acids is 4. The molecule has 44 heavy (non-hydrogen) atoms. The first-order valence-electron chi connectivity index (χ1n) is 15.9. The van der Waals surface area contributed by atoms with Crippen LogP contribution in [0.2, 0.25) is 0 Å². The summed E-state index contributed by atoms with van der Waals surface area (Å²) in [5.74, 6) is -2.99. The van der Waals surface area contributed by atoms with Crippen LogP contribution in [-0.2, 0) is 30.4 Å². The Kier molecular flexibility index (Phi) is 11.4. The van der Waals surface area contributed by atoms with Gasteiger partial charge in [-0.05, 0) is 49.7 Å². The van der Waals surface area contributed by atoms with Crippen molar-refractivity contribution in [2.45, 2.75) is 103 Å². The molecule has 1 unspecified atom stereocenters. The molecular formula is C33H46N4O7. The summed E-state index contributed by atoms with van der Waals surface area (Å²) in [6.07, 6.45) is 6.75. The molecule has 11 heteroatoms. The molecule has 0 aliphatic carbocycles. The number of ketones is 1. The number of nitrogens with zero attached hydrogens (tertiary/aromatic N) is 2. The van der Waals surface area contributed by atoms with Crippen LogP contribution >= 0.6 is 0 Å². The number of carbonyl (C=O) groups is 5. The number of hydrogen-bond donors (Lipinski definition) is 3. The lowest BCUT2D eigenvalue weighted by Gasteiger charge is -2.39. The highest BCUT2D eigenvalue weighted by atomic mass is 16.6. The maximum Gasteiger partial charge on any atom is 0.303 e. The number of nitrogens with one attached hydrogen (secondary N) is 2. The fourth-order valence-corrected chi connectivity index (χ4v) is 6.44. The molecule has 11 nitrogen and oxygen atoms in total. The number of piperidine rings is 1. The van der Waals surface area contributed by atoms with Gasteiger partial charge in [-0.15, -0.1) is 0 Å². The number of aromatic nitrogens is 1. The van der Waals surface area contributed by atoms with Gasteiger partial charge in [0.05, 0.1) is 11.6 Å². The van der Waals surface area contributed by atoms with Crippen molar-refractivity contribution in [3.8, 4) is 0 Å². The molecule has 3 amide bonds. The number of amides is 3. The SMILES string of the molecule is CCC(C)[C@@H]1NC(=O)[C@H](Cc2cn(OC)c3ccccc23)NC(=O)[C@H](CCCCCC(=O)O)CC(=O)[C@H]2CCCCN2C1=O. The van der Waals surface area contributed by atoms with Crippen molar-refractivity contribution >= 4 is 40.4 Å². The molecule has 2 aliphatic rings. The largest absolute Gasteiger partial charge is 0.481 e. The molecule has 0 radical (unpaired) electrons. The zero-order valence-electron chi connectivity index (χ0n) is 26.0. The molecule has 2 aromatic rings. The molecule has 2 saturated heterocycles. The standard InChI is InChI=1S/C33H46N4O7/c1-4-21(2)30-33(43)36-17-11-10-15-27(36)28(38)19-22(12-6-5-7-16-29(39)40)31(41)34-25(32(42)35-30)18-23-20-37(44-3)26-14-9-8-13-24(23)26/h8-9,13-14,20-22,25,27,30H,4-7,10-12,15-19H2,1-3H3,(H,34,41)(H,35,42)(H,39,40)/t21?,22-,25+,27-,30+/m1/s1. The molecule has 2 fully saturated rings. The Morgan fingerprint density at radius 2 is 1.84 bits per heavy atom. The van der Waals surface area contributed by atoms with Crippen LogP contribution in [0.4, 0.5) is 0 Å². The van der Waals surface area contributed by atoms with E-state index in [-0.39, 0.29) is 42.8 Å². The van der Waals surface area contributed by atoms with Crippen LogP contribution in [-0.4, -0.2) is 76.0 Å². The van der Waals surface area contributed by atoms with Crippen molar-refractivity contribution in [3.05, 3.63) is 36.0 Å². The lowest BCUT2D eigenvalue weighted by atomic mass is 9.87. The average Bonchev–Trinajstić information content (AvgIpc) is 3.38. The van der Waals surface area contributed by atoms with E-state index in [1.54, 1.807) is 22.9 Å². The number of carboxylic acid groups (broad SMARTS) is 1. The third-order valence-electron chi connectivity index (χ3n) is 9.21. The molecule has 4 rings (SSSR count). The average molecular weight is 611 g/mol. The Hall–Kier alpha value is -3.89. The van der Waals surface area contributed by atoms with Crippen LogP contribution in [0.15, 0.2) is 30.5 Å². The molecular weight excluding hydrogens is 564 g/mol. The van der Waals surface area contributed by atoms with E-state index in [0.717, 1.165) is 29.3 Å². The van der Waals surface area contributed by atoms with Gasteiger partial charge < -0.3 is 25.5 Å². The summed E-state index contributed by atoms with van der Waals surface area (Å²) in [7, 11) is 1.55. The molecule has 3 heterocycles. The fraction of sp³-hybridized carbons (Fsp3) is 0.606. The van der Waals surface area contributed by atoms with Gasteiger partial charge >= 0.3 is 5.97 Å². The minimum absolute atomic E-state index is 0.0372. The topological polar surface area (TPSA) is 147 Å². The molecule has 1 aromatic carbocycles. The Labute approximate surface area is 258 Å². The molecule has 5 atom stereocenters. The number of Topliss-reactive ketones (excluding diaryl/α,β-unsaturated/α-hetero) is 1. The van der Waals surface area contributed by atoms with Gasteiger partial charge in [0.2, 0.25) is 17.7 Å². The highest BCUT2D eigenvalue weighted by molar-refractivity contribution is 5.98. The number of rotatable bonds is 11. The van der Waals surface area contributed by atoms with Crippen LogP contribution in [0.1, 0.15) is 83.6 Å². The van der Waals surface area contributed by atoms with Gasteiger partial charge in [0, 0.05) is 43.3 Å². The number of para-hydroxylation sites is 1. The lowest BCUT2D eigenvalue weighted by Crippen LogP contribution is -2.61. The van der Waals surface area contributed by atoms with Crippen LogP contribution in [0.25, 0.3) is 10.9 Å². The number of fused-ring (bicyclic) bond motifs is 2. The third-order valence-corrected chi connectivity index (χ3v) is 9.21. The van der Waals surface area contributed by atoms with Crippen LogP contribution < -0.4 is 15.5 Å². The number of carboxylic acids is 1. The molecule has 2 aliphatic heterocycles. The molecule has 0 bridgehead atoms. The van der Waals surface area contributed by atoms with E-state index in [1.807, 2.05) is 38.1 Å². The summed E-state index contributed by atoms with van der Waals surface area (Å²) < 4.78 is 1.61. The predicted octanol–water partition coefficient (Wildman–Crippen LogP) is 3.26. The Bertz CT molecular complexity index is 1350. The second-order valence-corrected chi connectivity index (χ2v) is 12.2. The summed E-state index contributed by atoms with van der Waals surface area (Å²) in [5, 5.41) is 15.8. The maximum absolute atomic E-state index is 14.0. The minimum atomic E-state index is -1.00. The summed E-state index contributed by atoms with van der Waals surface area (Å²) >= 11 is 0. The van der Waals surface area contributed by atoms with Crippen LogP contribution in [0, 0.1) is 11.8 Å². The van der Waals surface area contributed by atoms with Gasteiger partial charge in [-0.1, -0.05) is 51.3 Å². The van der Waals surface area contributed by atoms with Crippen molar-refractivity contribution in [2.75, 3.05) is 13.7 Å². The van der Waals surface area contributed by atoms with E-state index in [2.05, 4.69) is 10.6 Å². The smallest absolute Gasteiger partial charge is 0.303 e. The Morgan fingerprint density at radius 1 is 1.07 bits per heavy atom. The Morgan fingerprint density at radius 3 is 2.57 bits per heavy atom. The van der Waals surface area contributed by atoms with E-state index in [9.17, 15) is 24.0 Å². The van der Waals surface area contributed by atoms with Crippen molar-refractivity contribution in [1.29, 1.82) is 0 Å². The first kappa shape index (κ1) is 33.0. The van der Waals surface area contributed by atoms with E-state index in [1.165, 1.54) is 0 Å². The van der Waals surface area contributed by atoms with Gasteiger partial charge in [0.1, 0.15) is 19.2 Å². The van der Waals surface area contributed by atoms with Gasteiger partial charge in [0.15, 0.2) is 5.78 Å². The molecule has 0 spiro atoms. The second kappa shape index (κ2) is 15.2. The van der Waals surface area contributed by atoms with Crippen molar-refractivity contribution < 1.29 is 33.9 Å². The van der Waals surface area contributed by atoms with E-state index >= 15 is 0 Å². The maximum atomic E-state index is 14.0. The zero-order valence-corrected chi connectivity index (χ0v) is 26.0. The van der Waals surface area contributed by atoms with Crippen LogP contribution in [0.5, 0.6) is 0 Å². The lowest BCUT2D eigenvalue weighted by molar-refractivity contribution is -0.147. The quantitative estimate of drug-likeness (QED) is 0.331. The van der Waals surface area contributed by atoms with Gasteiger partial charge in [-0.25, -0.2) is 0 Å².